The van der Waals surface area contributed by atoms with Crippen LogP contribution in [0.5, 0.6) is 0 Å². The number of hydrogen-bond acceptors (Lipinski definition) is 3. The normalized spacial score (nSPS) is 11.0. The Morgan fingerprint density at radius 2 is 2.08 bits per heavy atom. The van der Waals surface area contributed by atoms with E-state index >= 15 is 0 Å². The minimum absolute atomic E-state index is 0. The molecule has 0 aliphatic heterocycles. The largest absolute Gasteiger partial charge is 0.385 e. The zero-order chi connectivity index (χ0) is 17.0. The van der Waals surface area contributed by atoms with Gasteiger partial charge in [0.15, 0.2) is 5.96 Å². The number of hydrogen-bond donors (Lipinski definition) is 2. The molecule has 1 aromatic heterocycles. The predicted octanol–water partition coefficient (Wildman–Crippen LogP) is 2.64. The molecule has 2 aromatic rings. The molecule has 6 nitrogen and oxygen atoms in total. The highest BCUT2D eigenvalue weighted by Gasteiger charge is 2.00. The van der Waals surface area contributed by atoms with Crippen LogP contribution >= 0.6 is 24.0 Å². The molecule has 1 heterocycles. The van der Waals surface area contributed by atoms with Crippen LogP contribution in [-0.2, 0) is 17.8 Å². The molecule has 25 heavy (non-hydrogen) atoms. The first-order valence-corrected chi connectivity index (χ1v) is 8.38. The minimum Gasteiger partial charge on any atom is -0.385 e. The number of nitrogens with one attached hydrogen (secondary N) is 2. The van der Waals surface area contributed by atoms with Gasteiger partial charge in [0.05, 0.1) is 13.1 Å². The second kappa shape index (κ2) is 12.7. The van der Waals surface area contributed by atoms with Crippen LogP contribution in [0.1, 0.15) is 24.5 Å². The first-order valence-electron chi connectivity index (χ1n) is 8.38. The first-order chi connectivity index (χ1) is 11.8. The van der Waals surface area contributed by atoms with Crippen molar-refractivity contribution in [2.45, 2.75) is 26.4 Å². The Bertz CT molecular complexity index is 616. The van der Waals surface area contributed by atoms with Crippen LogP contribution < -0.4 is 10.6 Å². The van der Waals surface area contributed by atoms with Gasteiger partial charge in [0.1, 0.15) is 0 Å². The number of aromatic nitrogens is 2. The van der Waals surface area contributed by atoms with Crippen LogP contribution in [0.15, 0.2) is 47.7 Å². The number of ether oxygens (including phenoxy) is 1. The smallest absolute Gasteiger partial charge is 0.191 e. The molecule has 0 aliphatic rings. The fraction of sp³-hybridized carbons (Fsp3) is 0.444. The molecular weight excluding hydrogens is 429 g/mol. The molecule has 0 radical (unpaired) electrons. The highest BCUT2D eigenvalue weighted by atomic mass is 127. The van der Waals surface area contributed by atoms with Gasteiger partial charge in [-0.25, -0.2) is 4.99 Å². The Labute approximate surface area is 167 Å². The zero-order valence-corrected chi connectivity index (χ0v) is 17.3. The molecule has 0 saturated heterocycles. The molecule has 0 atom stereocenters. The fourth-order valence-corrected chi connectivity index (χ4v) is 2.34. The van der Waals surface area contributed by atoms with Crippen LogP contribution in [0.25, 0.3) is 0 Å². The third-order valence-corrected chi connectivity index (χ3v) is 3.48. The van der Waals surface area contributed by atoms with Crippen LogP contribution in [0.4, 0.5) is 0 Å². The van der Waals surface area contributed by atoms with Gasteiger partial charge in [-0.3, -0.25) is 4.68 Å². The molecule has 0 unspecified atom stereocenters. The molecule has 0 fully saturated rings. The van der Waals surface area contributed by atoms with Crippen LogP contribution in [0, 0.1) is 0 Å². The molecule has 1 aromatic carbocycles. The van der Waals surface area contributed by atoms with Gasteiger partial charge in [0, 0.05) is 39.2 Å². The maximum absolute atomic E-state index is 5.06. The van der Waals surface area contributed by atoms with E-state index in [1.165, 1.54) is 11.1 Å². The second-order valence-corrected chi connectivity index (χ2v) is 5.49. The number of halogens is 1. The van der Waals surface area contributed by atoms with E-state index in [0.717, 1.165) is 38.6 Å². The van der Waals surface area contributed by atoms with Crippen molar-refractivity contribution < 1.29 is 4.74 Å². The highest BCUT2D eigenvalue weighted by Crippen LogP contribution is 2.08. The summed E-state index contributed by atoms with van der Waals surface area (Å²) in [6.07, 6.45) is 4.73. The lowest BCUT2D eigenvalue weighted by molar-refractivity contribution is 0.195. The number of guanidine groups is 1. The van der Waals surface area contributed by atoms with E-state index in [2.05, 4.69) is 51.9 Å². The molecular formula is C18H28IN5O. The van der Waals surface area contributed by atoms with Crippen molar-refractivity contribution in [1.82, 2.24) is 20.4 Å². The van der Waals surface area contributed by atoms with Gasteiger partial charge in [-0.2, -0.15) is 5.10 Å². The molecule has 0 aliphatic carbocycles. The molecule has 0 spiro atoms. The standard InChI is InChI=1S/C18H27N5O.HI/c1-3-19-18(20-9-6-12-24-2)21-14-16-7-4-8-17(13-16)15-23-11-5-10-22-23;/h4-5,7-8,10-11,13H,3,6,9,12,14-15H2,1-2H3,(H2,19,20,21);1H. The molecule has 2 rings (SSSR count). The van der Waals surface area contributed by atoms with E-state index in [9.17, 15) is 0 Å². The lowest BCUT2D eigenvalue weighted by Crippen LogP contribution is -2.38. The van der Waals surface area contributed by atoms with Crippen molar-refractivity contribution in [3.63, 3.8) is 0 Å². The average Bonchev–Trinajstić information content (AvgIpc) is 3.10. The summed E-state index contributed by atoms with van der Waals surface area (Å²) in [6.45, 7) is 5.93. The van der Waals surface area contributed by atoms with Crippen molar-refractivity contribution in [1.29, 1.82) is 0 Å². The van der Waals surface area contributed by atoms with E-state index in [1.807, 2.05) is 16.9 Å². The first kappa shape index (κ1) is 21.4. The Morgan fingerprint density at radius 1 is 1.24 bits per heavy atom. The summed E-state index contributed by atoms with van der Waals surface area (Å²) < 4.78 is 6.98. The Balaban J connectivity index is 0.00000312. The average molecular weight is 457 g/mol. The highest BCUT2D eigenvalue weighted by molar-refractivity contribution is 14.0. The molecule has 2 N–H and O–H groups in total. The molecule has 0 amide bonds. The third kappa shape index (κ3) is 8.35. The predicted molar refractivity (Wildman–Crippen MR) is 112 cm³/mol. The zero-order valence-electron chi connectivity index (χ0n) is 14.9. The van der Waals surface area contributed by atoms with Gasteiger partial charge < -0.3 is 15.4 Å². The van der Waals surface area contributed by atoms with Gasteiger partial charge >= 0.3 is 0 Å². The van der Waals surface area contributed by atoms with Crippen molar-refractivity contribution in [3.8, 4) is 0 Å². The molecule has 138 valence electrons. The summed E-state index contributed by atoms with van der Waals surface area (Å²) >= 11 is 0. The second-order valence-electron chi connectivity index (χ2n) is 5.49. The van der Waals surface area contributed by atoms with E-state index < -0.39 is 0 Å². The number of rotatable bonds is 9. The number of benzene rings is 1. The van der Waals surface area contributed by atoms with E-state index in [1.54, 1.807) is 13.3 Å². The maximum Gasteiger partial charge on any atom is 0.191 e. The van der Waals surface area contributed by atoms with Crippen LogP contribution in [0.3, 0.4) is 0 Å². The quantitative estimate of drug-likeness (QED) is 0.263. The molecule has 7 heteroatoms. The molecule has 0 saturated carbocycles. The minimum atomic E-state index is 0. The maximum atomic E-state index is 5.06. The summed E-state index contributed by atoms with van der Waals surface area (Å²) in [5.74, 6) is 0.839. The van der Waals surface area contributed by atoms with Crippen molar-refractivity contribution in [2.75, 3.05) is 26.8 Å². The van der Waals surface area contributed by atoms with Gasteiger partial charge in [0.25, 0.3) is 0 Å². The fourth-order valence-electron chi connectivity index (χ4n) is 2.34. The summed E-state index contributed by atoms with van der Waals surface area (Å²) in [4.78, 5) is 4.65. The molecule has 0 bridgehead atoms. The van der Waals surface area contributed by atoms with E-state index in [-0.39, 0.29) is 24.0 Å². The van der Waals surface area contributed by atoms with Crippen molar-refractivity contribution in [2.24, 2.45) is 4.99 Å². The summed E-state index contributed by atoms with van der Waals surface area (Å²) in [5.41, 5.74) is 2.42. The summed E-state index contributed by atoms with van der Waals surface area (Å²) in [7, 11) is 1.72. The van der Waals surface area contributed by atoms with Crippen molar-refractivity contribution >= 4 is 29.9 Å². The van der Waals surface area contributed by atoms with E-state index in [0.29, 0.717) is 6.54 Å². The SMILES string of the molecule is CCNC(=NCc1cccc(Cn2cccn2)c1)NCCCOC.I. The number of nitrogens with zero attached hydrogens (tertiary/aromatic N) is 3. The van der Waals surface area contributed by atoms with Gasteiger partial charge in [0.2, 0.25) is 0 Å². The Morgan fingerprint density at radius 3 is 2.80 bits per heavy atom. The Kier molecular flexibility index (Phi) is 10.9. The van der Waals surface area contributed by atoms with Crippen LogP contribution in [0.2, 0.25) is 0 Å². The number of methoxy groups -OCH3 is 1. The van der Waals surface area contributed by atoms with Gasteiger partial charge in [-0.15, -0.1) is 24.0 Å². The summed E-state index contributed by atoms with van der Waals surface area (Å²) in [5, 5.41) is 10.8. The van der Waals surface area contributed by atoms with Crippen LogP contribution in [-0.4, -0.2) is 42.5 Å². The lowest BCUT2D eigenvalue weighted by atomic mass is 10.1. The lowest BCUT2D eigenvalue weighted by Gasteiger charge is -2.11. The van der Waals surface area contributed by atoms with Crippen molar-refractivity contribution in [3.05, 3.63) is 53.9 Å². The number of aliphatic imine (C=N–C) groups is 1. The summed E-state index contributed by atoms with van der Waals surface area (Å²) in [6, 6.07) is 10.4. The Hall–Kier alpha value is -1.61. The topological polar surface area (TPSA) is 63.5 Å². The monoisotopic (exact) mass is 457 g/mol. The third-order valence-electron chi connectivity index (χ3n) is 3.48. The van der Waals surface area contributed by atoms with Gasteiger partial charge in [-0.1, -0.05) is 24.3 Å². The van der Waals surface area contributed by atoms with Gasteiger partial charge in [-0.05, 0) is 30.5 Å². The van der Waals surface area contributed by atoms with E-state index in [4.69, 9.17) is 4.74 Å².